The largest absolute Gasteiger partial charge is 0.207 e. The van der Waals surface area contributed by atoms with Gasteiger partial charge in [0.05, 0.1) is 0 Å². The summed E-state index contributed by atoms with van der Waals surface area (Å²) in [7, 11) is 0. The minimum absolute atomic E-state index is 0.0861. The molecule has 0 saturated heterocycles. The van der Waals surface area contributed by atoms with E-state index in [-0.39, 0.29) is 5.82 Å². The van der Waals surface area contributed by atoms with Crippen LogP contribution in [0.2, 0.25) is 0 Å². The molecule has 3 rings (SSSR count). The number of fused-ring (bicyclic) bond motifs is 1. The molecule has 0 bridgehead atoms. The van der Waals surface area contributed by atoms with Crippen LogP contribution in [0.25, 0.3) is 6.08 Å². The normalized spacial score (nSPS) is 16.7. The van der Waals surface area contributed by atoms with Crippen molar-refractivity contribution in [3.63, 3.8) is 0 Å². The third kappa shape index (κ3) is 3.77. The monoisotopic (exact) mass is 322 g/mol. The molecule has 2 aromatic rings. The SMILES string of the molecule is C=Cc1ccc(C2CCc3cc(CCCCC)ccc3C2)c(F)c1. The minimum Gasteiger partial charge on any atom is -0.207 e. The summed E-state index contributed by atoms with van der Waals surface area (Å²) in [5.41, 5.74) is 6.05. The third-order valence-corrected chi connectivity index (χ3v) is 5.27. The first-order valence-corrected chi connectivity index (χ1v) is 9.23. The average molecular weight is 322 g/mol. The molecule has 0 aromatic heterocycles. The van der Waals surface area contributed by atoms with Crippen LogP contribution in [0.3, 0.4) is 0 Å². The number of unbranched alkanes of at least 4 members (excludes halogenated alkanes) is 2. The summed E-state index contributed by atoms with van der Waals surface area (Å²) in [6.45, 7) is 5.96. The highest BCUT2D eigenvalue weighted by molar-refractivity contribution is 5.48. The fraction of sp³-hybridized carbons (Fsp3) is 0.391. The summed E-state index contributed by atoms with van der Waals surface area (Å²) in [6.07, 6.45) is 9.78. The number of hydrogen-bond acceptors (Lipinski definition) is 0. The number of aryl methyl sites for hydroxylation is 2. The lowest BCUT2D eigenvalue weighted by atomic mass is 9.79. The van der Waals surface area contributed by atoms with Crippen molar-refractivity contribution in [1.82, 2.24) is 0 Å². The number of halogens is 1. The molecule has 1 heteroatoms. The molecule has 1 aliphatic carbocycles. The van der Waals surface area contributed by atoms with Gasteiger partial charge in [0, 0.05) is 0 Å². The maximum atomic E-state index is 14.4. The second kappa shape index (κ2) is 7.79. The van der Waals surface area contributed by atoms with Crippen molar-refractivity contribution in [2.24, 2.45) is 0 Å². The highest BCUT2D eigenvalue weighted by Crippen LogP contribution is 2.34. The maximum Gasteiger partial charge on any atom is 0.127 e. The topological polar surface area (TPSA) is 0 Å². The van der Waals surface area contributed by atoms with Crippen molar-refractivity contribution in [3.05, 3.63) is 76.6 Å². The Kier molecular flexibility index (Phi) is 5.50. The lowest BCUT2D eigenvalue weighted by Crippen LogP contribution is -2.14. The van der Waals surface area contributed by atoms with E-state index in [1.807, 2.05) is 12.1 Å². The molecule has 0 N–H and O–H groups in total. The first kappa shape index (κ1) is 17.0. The second-order valence-electron chi connectivity index (χ2n) is 6.98. The van der Waals surface area contributed by atoms with Crippen LogP contribution in [0.1, 0.15) is 66.3 Å². The molecule has 0 heterocycles. The Morgan fingerprint density at radius 3 is 2.75 bits per heavy atom. The first-order chi connectivity index (χ1) is 11.7. The first-order valence-electron chi connectivity index (χ1n) is 9.23. The van der Waals surface area contributed by atoms with Gasteiger partial charge >= 0.3 is 0 Å². The Morgan fingerprint density at radius 1 is 1.12 bits per heavy atom. The highest BCUT2D eigenvalue weighted by atomic mass is 19.1. The van der Waals surface area contributed by atoms with E-state index in [1.54, 1.807) is 12.1 Å². The third-order valence-electron chi connectivity index (χ3n) is 5.27. The van der Waals surface area contributed by atoms with Crippen LogP contribution in [-0.2, 0) is 19.3 Å². The van der Waals surface area contributed by atoms with Gasteiger partial charge in [0.2, 0.25) is 0 Å². The number of rotatable bonds is 6. The van der Waals surface area contributed by atoms with Gasteiger partial charge in [-0.1, -0.05) is 62.8 Å². The quantitative estimate of drug-likeness (QED) is 0.534. The van der Waals surface area contributed by atoms with Crippen LogP contribution < -0.4 is 0 Å². The second-order valence-corrected chi connectivity index (χ2v) is 6.98. The Balaban J connectivity index is 1.74. The maximum absolute atomic E-state index is 14.4. The van der Waals surface area contributed by atoms with E-state index in [2.05, 4.69) is 31.7 Å². The van der Waals surface area contributed by atoms with Gasteiger partial charge in [0.25, 0.3) is 0 Å². The predicted octanol–water partition coefficient (Wildman–Crippen LogP) is 6.47. The van der Waals surface area contributed by atoms with E-state index in [0.717, 1.165) is 30.4 Å². The molecule has 1 atom stereocenters. The van der Waals surface area contributed by atoms with Crippen molar-refractivity contribution in [2.75, 3.05) is 0 Å². The molecular formula is C23H27F. The Hall–Kier alpha value is -1.89. The fourth-order valence-electron chi connectivity index (χ4n) is 3.81. The van der Waals surface area contributed by atoms with Crippen molar-refractivity contribution >= 4 is 6.08 Å². The van der Waals surface area contributed by atoms with Crippen molar-refractivity contribution in [1.29, 1.82) is 0 Å². The summed E-state index contributed by atoms with van der Waals surface area (Å²) in [5.74, 6) is 0.208. The Bertz CT molecular complexity index is 714. The summed E-state index contributed by atoms with van der Waals surface area (Å²) in [4.78, 5) is 0. The summed E-state index contributed by atoms with van der Waals surface area (Å²) in [6, 6.07) is 12.5. The zero-order valence-electron chi connectivity index (χ0n) is 14.7. The molecule has 0 radical (unpaired) electrons. The van der Waals surface area contributed by atoms with E-state index >= 15 is 0 Å². The Morgan fingerprint density at radius 2 is 2.00 bits per heavy atom. The smallest absolute Gasteiger partial charge is 0.127 e. The molecule has 0 nitrogen and oxygen atoms in total. The molecule has 1 unspecified atom stereocenters. The lowest BCUT2D eigenvalue weighted by molar-refractivity contribution is 0.533. The highest BCUT2D eigenvalue weighted by Gasteiger charge is 2.22. The van der Waals surface area contributed by atoms with Gasteiger partial charge < -0.3 is 0 Å². The molecule has 1 aliphatic rings. The van der Waals surface area contributed by atoms with Crippen molar-refractivity contribution in [2.45, 2.75) is 57.8 Å². The van der Waals surface area contributed by atoms with Crippen molar-refractivity contribution in [3.8, 4) is 0 Å². The van der Waals surface area contributed by atoms with E-state index in [1.165, 1.54) is 42.4 Å². The zero-order valence-corrected chi connectivity index (χ0v) is 14.7. The van der Waals surface area contributed by atoms with Gasteiger partial charge in [0.15, 0.2) is 0 Å². The number of benzene rings is 2. The van der Waals surface area contributed by atoms with Crippen LogP contribution in [0.4, 0.5) is 4.39 Å². The average Bonchev–Trinajstić information content (AvgIpc) is 2.61. The van der Waals surface area contributed by atoms with Crippen molar-refractivity contribution < 1.29 is 4.39 Å². The molecule has 2 aromatic carbocycles. The number of hydrogen-bond donors (Lipinski definition) is 0. The van der Waals surface area contributed by atoms with E-state index in [0.29, 0.717) is 5.92 Å². The van der Waals surface area contributed by atoms with Crippen LogP contribution in [0, 0.1) is 5.82 Å². The van der Waals surface area contributed by atoms with Crippen LogP contribution >= 0.6 is 0 Å². The van der Waals surface area contributed by atoms with Gasteiger partial charge in [-0.05, 0) is 71.9 Å². The predicted molar refractivity (Wildman–Crippen MR) is 101 cm³/mol. The molecule has 0 amide bonds. The molecule has 126 valence electrons. The summed E-state index contributed by atoms with van der Waals surface area (Å²) in [5, 5.41) is 0. The molecule has 24 heavy (non-hydrogen) atoms. The van der Waals surface area contributed by atoms with Gasteiger partial charge in [-0.2, -0.15) is 0 Å². The van der Waals surface area contributed by atoms with Gasteiger partial charge in [-0.15, -0.1) is 0 Å². The lowest BCUT2D eigenvalue weighted by Gasteiger charge is -2.26. The van der Waals surface area contributed by atoms with Gasteiger partial charge in [-0.3, -0.25) is 0 Å². The fourth-order valence-corrected chi connectivity index (χ4v) is 3.81. The Labute approximate surface area is 145 Å². The van der Waals surface area contributed by atoms with Gasteiger partial charge in [0.1, 0.15) is 5.82 Å². The molecule has 0 saturated carbocycles. The van der Waals surface area contributed by atoms with Crippen LogP contribution in [0.5, 0.6) is 0 Å². The van der Waals surface area contributed by atoms with E-state index in [4.69, 9.17) is 0 Å². The van der Waals surface area contributed by atoms with Crippen LogP contribution in [-0.4, -0.2) is 0 Å². The van der Waals surface area contributed by atoms with Crippen LogP contribution in [0.15, 0.2) is 43.0 Å². The summed E-state index contributed by atoms with van der Waals surface area (Å²) < 4.78 is 14.4. The van der Waals surface area contributed by atoms with Gasteiger partial charge in [-0.25, -0.2) is 4.39 Å². The minimum atomic E-state index is -0.0861. The standard InChI is InChI=1S/C23H27F/c1-3-5-6-7-18-8-10-20-16-21(12-11-19(20)14-18)22-13-9-17(4-2)15-23(22)24/h4,8-10,13-15,21H,2-3,5-7,11-12,16H2,1H3. The molecule has 0 fully saturated rings. The molecule has 0 aliphatic heterocycles. The molecular weight excluding hydrogens is 295 g/mol. The van der Waals surface area contributed by atoms with E-state index < -0.39 is 0 Å². The van der Waals surface area contributed by atoms with E-state index in [9.17, 15) is 4.39 Å². The summed E-state index contributed by atoms with van der Waals surface area (Å²) >= 11 is 0. The zero-order chi connectivity index (χ0) is 16.9. The molecule has 0 spiro atoms.